The Labute approximate surface area is 114 Å². The molecule has 1 aromatic heterocycles. The van der Waals surface area contributed by atoms with Gasteiger partial charge < -0.3 is 15.2 Å². The summed E-state index contributed by atoms with van der Waals surface area (Å²) in [5, 5.41) is 18.4. The number of aromatic amines is 1. The van der Waals surface area contributed by atoms with E-state index in [0.29, 0.717) is 11.3 Å². The van der Waals surface area contributed by atoms with Crippen LogP contribution in [-0.4, -0.2) is 21.2 Å². The fourth-order valence-corrected chi connectivity index (χ4v) is 1.87. The molecule has 20 heavy (non-hydrogen) atoms. The molecule has 3 N–H and O–H groups in total. The first-order chi connectivity index (χ1) is 9.47. The summed E-state index contributed by atoms with van der Waals surface area (Å²) in [6.07, 6.45) is 3.13. The van der Waals surface area contributed by atoms with Crippen molar-refractivity contribution in [3.05, 3.63) is 63.1 Å². The Kier molecular flexibility index (Phi) is 3.70. The normalized spacial score (nSPS) is 10.8. The van der Waals surface area contributed by atoms with E-state index in [1.54, 1.807) is 25.1 Å². The number of pyridine rings is 1. The Morgan fingerprint density at radius 2 is 2.00 bits per heavy atom. The summed E-state index contributed by atoms with van der Waals surface area (Å²) in [5.41, 5.74) is 0.668. The summed E-state index contributed by atoms with van der Waals surface area (Å²) < 4.78 is 0. The molecule has 0 atom stereocenters. The number of phenolic OH excluding ortho intramolecular Hbond substituents is 1. The molecule has 2 aromatic rings. The number of aromatic hydroxyl groups is 1. The van der Waals surface area contributed by atoms with E-state index in [9.17, 15) is 14.7 Å². The topological polar surface area (TPSA) is 90.4 Å². The van der Waals surface area contributed by atoms with Gasteiger partial charge in [-0.25, -0.2) is 4.79 Å². The maximum absolute atomic E-state index is 11.7. The zero-order valence-corrected chi connectivity index (χ0v) is 10.8. The van der Waals surface area contributed by atoms with Crippen LogP contribution in [0.4, 0.5) is 0 Å². The molecule has 0 radical (unpaired) electrons. The predicted molar refractivity (Wildman–Crippen MR) is 75.8 cm³/mol. The van der Waals surface area contributed by atoms with Crippen molar-refractivity contribution >= 4 is 18.1 Å². The number of aryl methyl sites for hydroxylation is 1. The summed E-state index contributed by atoms with van der Waals surface area (Å²) in [4.78, 5) is 25.7. The van der Waals surface area contributed by atoms with Gasteiger partial charge >= 0.3 is 5.97 Å². The first kappa shape index (κ1) is 13.6. The van der Waals surface area contributed by atoms with E-state index in [-0.39, 0.29) is 17.0 Å². The molecular weight excluding hydrogens is 258 g/mol. The average molecular weight is 271 g/mol. The Morgan fingerprint density at radius 3 is 2.65 bits per heavy atom. The molecule has 0 saturated carbocycles. The van der Waals surface area contributed by atoms with E-state index >= 15 is 0 Å². The first-order valence-electron chi connectivity index (χ1n) is 5.91. The standard InChI is InChI=1S/C15H13NO4/c1-9-7-13(18)14(15(19)20)12(16-9)6-5-10-3-2-4-11(17)8-10/h2-8,17H,1H3,(H,16,18)(H,19,20). The van der Waals surface area contributed by atoms with Gasteiger partial charge in [0.2, 0.25) is 0 Å². The number of rotatable bonds is 3. The molecule has 1 aromatic carbocycles. The highest BCUT2D eigenvalue weighted by molar-refractivity contribution is 5.92. The number of carboxylic acid groups (broad SMARTS) is 1. The summed E-state index contributed by atoms with van der Waals surface area (Å²) in [7, 11) is 0. The van der Waals surface area contributed by atoms with E-state index in [4.69, 9.17) is 5.11 Å². The van der Waals surface area contributed by atoms with Crippen LogP contribution in [0.15, 0.2) is 35.1 Å². The van der Waals surface area contributed by atoms with Gasteiger partial charge in [0.15, 0.2) is 5.43 Å². The number of carboxylic acids is 1. The molecule has 0 aliphatic carbocycles. The number of hydrogen-bond donors (Lipinski definition) is 3. The van der Waals surface area contributed by atoms with Crippen LogP contribution >= 0.6 is 0 Å². The van der Waals surface area contributed by atoms with E-state index < -0.39 is 11.4 Å². The third kappa shape index (κ3) is 2.95. The van der Waals surface area contributed by atoms with Crippen molar-refractivity contribution in [1.29, 1.82) is 0 Å². The molecule has 0 bridgehead atoms. The van der Waals surface area contributed by atoms with Crippen LogP contribution in [0.3, 0.4) is 0 Å². The number of benzene rings is 1. The molecular formula is C15H13NO4. The van der Waals surface area contributed by atoms with Crippen molar-refractivity contribution in [2.45, 2.75) is 6.92 Å². The van der Waals surface area contributed by atoms with Gasteiger partial charge in [-0.1, -0.05) is 18.2 Å². The minimum absolute atomic E-state index is 0.114. The highest BCUT2D eigenvalue weighted by Crippen LogP contribution is 2.14. The molecule has 5 heteroatoms. The van der Waals surface area contributed by atoms with Crippen molar-refractivity contribution in [1.82, 2.24) is 4.98 Å². The van der Waals surface area contributed by atoms with E-state index in [0.717, 1.165) is 0 Å². The number of aromatic nitrogens is 1. The molecule has 1 heterocycles. The lowest BCUT2D eigenvalue weighted by atomic mass is 10.1. The average Bonchev–Trinajstić information content (AvgIpc) is 2.35. The first-order valence-corrected chi connectivity index (χ1v) is 5.91. The van der Waals surface area contributed by atoms with Gasteiger partial charge in [0.05, 0.1) is 5.69 Å². The molecule has 2 rings (SSSR count). The Bertz CT molecular complexity index is 744. The van der Waals surface area contributed by atoms with Gasteiger partial charge in [-0.2, -0.15) is 0 Å². The molecule has 0 saturated heterocycles. The summed E-state index contributed by atoms with van der Waals surface area (Å²) in [5.74, 6) is -1.16. The van der Waals surface area contributed by atoms with Crippen LogP contribution in [0.5, 0.6) is 5.75 Å². The van der Waals surface area contributed by atoms with Crippen molar-refractivity contribution in [3.8, 4) is 5.75 Å². The van der Waals surface area contributed by atoms with E-state index in [1.807, 2.05) is 0 Å². The second-order valence-corrected chi connectivity index (χ2v) is 4.34. The van der Waals surface area contributed by atoms with E-state index in [1.165, 1.54) is 24.3 Å². The van der Waals surface area contributed by atoms with Crippen LogP contribution in [0.25, 0.3) is 12.2 Å². The lowest BCUT2D eigenvalue weighted by Crippen LogP contribution is -2.17. The summed E-state index contributed by atoms with van der Waals surface area (Å²) >= 11 is 0. The summed E-state index contributed by atoms with van der Waals surface area (Å²) in [6, 6.07) is 7.74. The van der Waals surface area contributed by atoms with Crippen molar-refractivity contribution in [3.63, 3.8) is 0 Å². The van der Waals surface area contributed by atoms with Crippen LogP contribution in [0, 0.1) is 6.92 Å². The van der Waals surface area contributed by atoms with Crippen molar-refractivity contribution < 1.29 is 15.0 Å². The van der Waals surface area contributed by atoms with Crippen molar-refractivity contribution in [2.24, 2.45) is 0 Å². The minimum Gasteiger partial charge on any atom is -0.508 e. The minimum atomic E-state index is -1.28. The molecule has 0 unspecified atom stereocenters. The van der Waals surface area contributed by atoms with Gasteiger partial charge in [-0.15, -0.1) is 0 Å². The number of hydrogen-bond acceptors (Lipinski definition) is 3. The zero-order valence-electron chi connectivity index (χ0n) is 10.8. The summed E-state index contributed by atoms with van der Waals surface area (Å²) in [6.45, 7) is 1.68. The van der Waals surface area contributed by atoms with Crippen LogP contribution < -0.4 is 5.43 Å². The fourth-order valence-electron chi connectivity index (χ4n) is 1.87. The number of carbonyl (C=O) groups is 1. The molecule has 5 nitrogen and oxygen atoms in total. The largest absolute Gasteiger partial charge is 0.508 e. The van der Waals surface area contributed by atoms with E-state index in [2.05, 4.69) is 4.98 Å². The lowest BCUT2D eigenvalue weighted by molar-refractivity contribution is 0.0695. The Balaban J connectivity index is 2.48. The zero-order chi connectivity index (χ0) is 14.7. The van der Waals surface area contributed by atoms with Crippen LogP contribution in [-0.2, 0) is 0 Å². The second kappa shape index (κ2) is 5.44. The smallest absolute Gasteiger partial charge is 0.341 e. The number of nitrogens with one attached hydrogen (secondary N) is 1. The van der Waals surface area contributed by atoms with Crippen molar-refractivity contribution in [2.75, 3.05) is 0 Å². The lowest BCUT2D eigenvalue weighted by Gasteiger charge is -2.03. The Hall–Kier alpha value is -2.82. The van der Waals surface area contributed by atoms with Gasteiger partial charge in [-0.05, 0) is 30.7 Å². The van der Waals surface area contributed by atoms with Gasteiger partial charge in [-0.3, -0.25) is 4.79 Å². The molecule has 102 valence electrons. The maximum Gasteiger partial charge on any atom is 0.341 e. The van der Waals surface area contributed by atoms with Crippen LogP contribution in [0.2, 0.25) is 0 Å². The van der Waals surface area contributed by atoms with Gasteiger partial charge in [0.1, 0.15) is 11.3 Å². The molecule has 0 aliphatic rings. The molecule has 0 amide bonds. The fraction of sp³-hybridized carbons (Fsp3) is 0.0667. The van der Waals surface area contributed by atoms with Gasteiger partial charge in [0, 0.05) is 11.8 Å². The highest BCUT2D eigenvalue weighted by atomic mass is 16.4. The third-order valence-corrected chi connectivity index (χ3v) is 2.72. The third-order valence-electron chi connectivity index (χ3n) is 2.72. The molecule has 0 aliphatic heterocycles. The maximum atomic E-state index is 11.7. The Morgan fingerprint density at radius 1 is 1.25 bits per heavy atom. The number of phenols is 1. The number of H-pyrrole nitrogens is 1. The molecule has 0 spiro atoms. The predicted octanol–water partition coefficient (Wildman–Crippen LogP) is 2.26. The quantitative estimate of drug-likeness (QED) is 0.798. The molecule has 0 fully saturated rings. The van der Waals surface area contributed by atoms with Crippen LogP contribution in [0.1, 0.15) is 27.3 Å². The SMILES string of the molecule is Cc1cc(=O)c(C(=O)O)c(C=Cc2cccc(O)c2)[nH]1. The number of aromatic carboxylic acids is 1. The van der Waals surface area contributed by atoms with Gasteiger partial charge in [0.25, 0.3) is 0 Å². The monoisotopic (exact) mass is 271 g/mol. The second-order valence-electron chi connectivity index (χ2n) is 4.34. The highest BCUT2D eigenvalue weighted by Gasteiger charge is 2.13.